The van der Waals surface area contributed by atoms with E-state index in [2.05, 4.69) is 5.32 Å². The minimum absolute atomic E-state index is 0. The fourth-order valence-electron chi connectivity index (χ4n) is 3.37. The molecule has 1 heterocycles. The summed E-state index contributed by atoms with van der Waals surface area (Å²) in [4.78, 5) is 11.1. The molecule has 1 aliphatic carbocycles. The molecule has 1 aliphatic rings. The average Bonchev–Trinajstić information content (AvgIpc) is 3.03. The van der Waals surface area contributed by atoms with Gasteiger partial charge in [0.05, 0.1) is 17.1 Å². The summed E-state index contributed by atoms with van der Waals surface area (Å²) in [5.74, 6) is 0.465. The quantitative estimate of drug-likeness (QED) is 0.656. The van der Waals surface area contributed by atoms with Gasteiger partial charge in [0.15, 0.2) is 0 Å². The van der Waals surface area contributed by atoms with E-state index in [9.17, 15) is 4.79 Å². The van der Waals surface area contributed by atoms with E-state index in [-0.39, 0.29) is 18.0 Å². The number of carboxylic acids is 1. The summed E-state index contributed by atoms with van der Waals surface area (Å²) in [5.41, 5.74) is 0.809. The Morgan fingerprint density at radius 3 is 2.50 bits per heavy atom. The lowest BCUT2D eigenvalue weighted by Gasteiger charge is -2.20. The smallest absolute Gasteiger partial charge is 0.335 e. The lowest BCUT2D eigenvalue weighted by Crippen LogP contribution is -2.29. The van der Waals surface area contributed by atoms with Gasteiger partial charge in [-0.3, -0.25) is 0 Å². The summed E-state index contributed by atoms with van der Waals surface area (Å²) in [7, 11) is 0. The van der Waals surface area contributed by atoms with Crippen molar-refractivity contribution in [2.24, 2.45) is 0 Å². The number of nitrogens with one attached hydrogen (secondary N) is 1. The Morgan fingerprint density at radius 1 is 1.12 bits per heavy atom. The Labute approximate surface area is 165 Å². The lowest BCUT2D eigenvalue weighted by molar-refractivity contribution is 0.0697. The first-order valence-corrected chi connectivity index (χ1v) is 9.36. The summed E-state index contributed by atoms with van der Waals surface area (Å²) in [6.45, 7) is 0.681. The molecule has 0 radical (unpaired) electrons. The summed E-state index contributed by atoms with van der Waals surface area (Å²) >= 11 is 6.21. The predicted octanol–water partition coefficient (Wildman–Crippen LogP) is 5.92. The number of halogens is 2. The molecule has 0 unspecified atom stereocenters. The van der Waals surface area contributed by atoms with Crippen LogP contribution >= 0.6 is 24.0 Å². The van der Waals surface area contributed by atoms with Gasteiger partial charge < -0.3 is 14.8 Å². The maximum absolute atomic E-state index is 11.1. The normalized spacial score (nSPS) is 15.7. The van der Waals surface area contributed by atoms with Crippen molar-refractivity contribution in [3.8, 4) is 11.3 Å². The van der Waals surface area contributed by atoms with Crippen molar-refractivity contribution in [3.05, 3.63) is 46.7 Å². The largest absolute Gasteiger partial charge is 0.478 e. The van der Waals surface area contributed by atoms with Crippen molar-refractivity contribution >= 4 is 30.0 Å². The zero-order valence-electron chi connectivity index (χ0n) is 14.7. The lowest BCUT2D eigenvalue weighted by atomic mass is 9.97. The molecule has 1 fully saturated rings. The summed E-state index contributed by atoms with van der Waals surface area (Å²) in [5, 5.41) is 13.2. The summed E-state index contributed by atoms with van der Waals surface area (Å²) in [6.07, 6.45) is 9.06. The molecular weight excluding hydrogens is 373 g/mol. The third-order valence-corrected chi connectivity index (χ3v) is 5.14. The molecule has 0 saturated heterocycles. The first-order chi connectivity index (χ1) is 12.1. The third-order valence-electron chi connectivity index (χ3n) is 4.81. The molecule has 1 saturated carbocycles. The highest BCUT2D eigenvalue weighted by Crippen LogP contribution is 2.30. The van der Waals surface area contributed by atoms with Crippen LogP contribution in [0.1, 0.15) is 61.1 Å². The predicted molar refractivity (Wildman–Crippen MR) is 106 cm³/mol. The number of furan rings is 1. The number of rotatable bonds is 5. The maximum atomic E-state index is 11.1. The fourth-order valence-corrected chi connectivity index (χ4v) is 3.58. The minimum atomic E-state index is -0.976. The van der Waals surface area contributed by atoms with Crippen molar-refractivity contribution in [2.45, 2.75) is 57.5 Å². The van der Waals surface area contributed by atoms with Gasteiger partial charge in [-0.2, -0.15) is 0 Å². The highest BCUT2D eigenvalue weighted by atomic mass is 35.5. The molecule has 2 N–H and O–H groups in total. The monoisotopic (exact) mass is 397 g/mol. The van der Waals surface area contributed by atoms with Gasteiger partial charge in [-0.15, -0.1) is 12.4 Å². The summed E-state index contributed by atoms with van der Waals surface area (Å²) in [6, 6.07) is 8.96. The molecule has 142 valence electrons. The first-order valence-electron chi connectivity index (χ1n) is 8.99. The molecule has 0 bridgehead atoms. The molecule has 2 aromatic rings. The van der Waals surface area contributed by atoms with Crippen LogP contribution in [0.15, 0.2) is 34.7 Å². The van der Waals surface area contributed by atoms with Gasteiger partial charge >= 0.3 is 5.97 Å². The van der Waals surface area contributed by atoms with Crippen molar-refractivity contribution < 1.29 is 14.3 Å². The van der Waals surface area contributed by atoms with Crippen molar-refractivity contribution in [3.63, 3.8) is 0 Å². The molecule has 26 heavy (non-hydrogen) atoms. The Bertz CT molecular complexity index is 722. The Morgan fingerprint density at radius 2 is 1.81 bits per heavy atom. The molecule has 1 aromatic heterocycles. The van der Waals surface area contributed by atoms with Gasteiger partial charge in [0.25, 0.3) is 0 Å². The van der Waals surface area contributed by atoms with Gasteiger partial charge in [-0.25, -0.2) is 4.79 Å². The van der Waals surface area contributed by atoms with E-state index in [0.717, 1.165) is 5.76 Å². The third kappa shape index (κ3) is 5.50. The van der Waals surface area contributed by atoms with Gasteiger partial charge in [-0.1, -0.05) is 43.7 Å². The number of carbonyl (C=O) groups is 1. The molecule has 3 rings (SSSR count). The van der Waals surface area contributed by atoms with Crippen LogP contribution in [0.3, 0.4) is 0 Å². The summed E-state index contributed by atoms with van der Waals surface area (Å²) < 4.78 is 5.89. The van der Waals surface area contributed by atoms with Gasteiger partial charge in [0, 0.05) is 11.6 Å². The number of hydrogen-bond acceptors (Lipinski definition) is 3. The molecule has 0 spiro atoms. The second-order valence-corrected chi connectivity index (χ2v) is 7.10. The van der Waals surface area contributed by atoms with E-state index in [1.165, 1.54) is 51.0 Å². The van der Waals surface area contributed by atoms with Gasteiger partial charge in [-0.05, 0) is 43.2 Å². The first kappa shape index (κ1) is 20.8. The second kappa shape index (κ2) is 10.0. The maximum Gasteiger partial charge on any atom is 0.335 e. The topological polar surface area (TPSA) is 62.5 Å². The van der Waals surface area contributed by atoms with Gasteiger partial charge in [0.1, 0.15) is 11.5 Å². The molecule has 0 atom stereocenters. The molecule has 0 amide bonds. The van der Waals surface area contributed by atoms with Crippen LogP contribution in [0.2, 0.25) is 5.02 Å². The molecule has 6 heteroatoms. The van der Waals surface area contributed by atoms with Crippen LogP contribution in [0.4, 0.5) is 0 Å². The zero-order valence-corrected chi connectivity index (χ0v) is 16.2. The van der Waals surface area contributed by atoms with Crippen molar-refractivity contribution in [2.75, 3.05) is 0 Å². The van der Waals surface area contributed by atoms with E-state index >= 15 is 0 Å². The number of aromatic carboxylic acids is 1. The Balaban J connectivity index is 0.00000243. The van der Waals surface area contributed by atoms with E-state index < -0.39 is 5.97 Å². The van der Waals surface area contributed by atoms with E-state index in [0.29, 0.717) is 28.9 Å². The zero-order chi connectivity index (χ0) is 17.6. The van der Waals surface area contributed by atoms with Crippen molar-refractivity contribution in [1.29, 1.82) is 0 Å². The van der Waals surface area contributed by atoms with Crippen LogP contribution in [-0.2, 0) is 6.54 Å². The fraction of sp³-hybridized carbons (Fsp3) is 0.450. The molecule has 1 aromatic carbocycles. The standard InChI is InChI=1S/C20H24ClNO3.ClH/c21-18-10-8-14(20(23)24)12-17(18)19-11-9-16(25-19)13-22-15-6-4-2-1-3-5-7-15;/h8-12,15,22H,1-7,13H2,(H,23,24);1H. The van der Waals surface area contributed by atoms with E-state index in [1.54, 1.807) is 12.1 Å². The average molecular weight is 398 g/mol. The van der Waals surface area contributed by atoms with Crippen LogP contribution in [0.25, 0.3) is 11.3 Å². The van der Waals surface area contributed by atoms with Crippen LogP contribution < -0.4 is 5.32 Å². The SMILES string of the molecule is Cl.O=C(O)c1ccc(Cl)c(-c2ccc(CNC3CCCCCCC3)o2)c1. The van der Waals surface area contributed by atoms with Crippen LogP contribution in [0.5, 0.6) is 0 Å². The number of carboxylic acid groups (broad SMARTS) is 1. The molecular formula is C20H25Cl2NO3. The Hall–Kier alpha value is -1.49. The number of hydrogen-bond donors (Lipinski definition) is 2. The van der Waals surface area contributed by atoms with E-state index in [1.807, 2.05) is 12.1 Å². The molecule has 4 nitrogen and oxygen atoms in total. The Kier molecular flexibility index (Phi) is 8.01. The highest BCUT2D eigenvalue weighted by Gasteiger charge is 2.14. The second-order valence-electron chi connectivity index (χ2n) is 6.69. The highest BCUT2D eigenvalue weighted by molar-refractivity contribution is 6.33. The minimum Gasteiger partial charge on any atom is -0.478 e. The van der Waals surface area contributed by atoms with Crippen LogP contribution in [-0.4, -0.2) is 17.1 Å². The van der Waals surface area contributed by atoms with E-state index in [4.69, 9.17) is 21.1 Å². The van der Waals surface area contributed by atoms with Gasteiger partial charge in [0.2, 0.25) is 0 Å². The number of benzene rings is 1. The van der Waals surface area contributed by atoms with Crippen molar-refractivity contribution in [1.82, 2.24) is 5.32 Å². The molecule has 0 aliphatic heterocycles. The van der Waals surface area contributed by atoms with Crippen LogP contribution in [0, 0.1) is 0 Å².